The molecular formula is C12H18O4. The number of carbonyl (C=O) groups excluding carboxylic acids is 2. The van der Waals surface area contributed by atoms with Crippen molar-refractivity contribution in [2.24, 2.45) is 11.8 Å². The normalized spacial score (nSPS) is 36.9. The van der Waals surface area contributed by atoms with Gasteiger partial charge in [0.25, 0.3) is 0 Å². The molecule has 4 nitrogen and oxygen atoms in total. The zero-order valence-corrected chi connectivity index (χ0v) is 9.77. The molecule has 16 heavy (non-hydrogen) atoms. The molecule has 2 aliphatic carbocycles. The van der Waals surface area contributed by atoms with Crippen molar-refractivity contribution in [1.29, 1.82) is 0 Å². The maximum Gasteiger partial charge on any atom is 0.302 e. The molecule has 0 heterocycles. The van der Waals surface area contributed by atoms with E-state index >= 15 is 0 Å². The summed E-state index contributed by atoms with van der Waals surface area (Å²) in [7, 11) is 0. The first-order valence-electron chi connectivity index (χ1n) is 5.92. The maximum atomic E-state index is 10.9. The van der Waals surface area contributed by atoms with Crippen LogP contribution < -0.4 is 0 Å². The number of carbonyl (C=O) groups is 2. The molecule has 2 saturated carbocycles. The molecule has 0 bridgehead atoms. The molecule has 0 unspecified atom stereocenters. The lowest BCUT2D eigenvalue weighted by molar-refractivity contribution is -0.150. The second kappa shape index (κ2) is 4.44. The second-order valence-electron chi connectivity index (χ2n) is 4.78. The molecule has 0 amide bonds. The maximum absolute atomic E-state index is 10.9. The molecule has 2 rings (SSSR count). The predicted molar refractivity (Wildman–Crippen MR) is 56.6 cm³/mol. The van der Waals surface area contributed by atoms with Crippen LogP contribution in [0.2, 0.25) is 0 Å². The van der Waals surface area contributed by atoms with E-state index in [1.165, 1.54) is 13.8 Å². The minimum atomic E-state index is -0.207. The van der Waals surface area contributed by atoms with Gasteiger partial charge in [-0.1, -0.05) is 0 Å². The minimum Gasteiger partial charge on any atom is -0.462 e. The summed E-state index contributed by atoms with van der Waals surface area (Å²) in [5.41, 5.74) is 0. The van der Waals surface area contributed by atoms with E-state index in [1.807, 2.05) is 0 Å². The van der Waals surface area contributed by atoms with E-state index in [-0.39, 0.29) is 24.1 Å². The molecule has 0 aromatic heterocycles. The largest absolute Gasteiger partial charge is 0.462 e. The highest BCUT2D eigenvalue weighted by Crippen LogP contribution is 2.46. The van der Waals surface area contributed by atoms with Gasteiger partial charge in [0.1, 0.15) is 12.2 Å². The Hall–Kier alpha value is -1.06. The zero-order valence-electron chi connectivity index (χ0n) is 9.77. The molecule has 4 heteroatoms. The van der Waals surface area contributed by atoms with Crippen molar-refractivity contribution in [2.75, 3.05) is 0 Å². The Balaban J connectivity index is 1.95. The molecular weight excluding hydrogens is 208 g/mol. The van der Waals surface area contributed by atoms with Crippen molar-refractivity contribution in [1.82, 2.24) is 0 Å². The van der Waals surface area contributed by atoms with Crippen molar-refractivity contribution < 1.29 is 19.1 Å². The highest BCUT2D eigenvalue weighted by molar-refractivity contribution is 5.66. The summed E-state index contributed by atoms with van der Waals surface area (Å²) in [5, 5.41) is 0. The fraction of sp³-hybridized carbons (Fsp3) is 0.833. The lowest BCUT2D eigenvalue weighted by atomic mass is 9.98. The second-order valence-corrected chi connectivity index (χ2v) is 4.78. The third-order valence-electron chi connectivity index (χ3n) is 3.71. The van der Waals surface area contributed by atoms with Gasteiger partial charge >= 0.3 is 11.9 Å². The van der Waals surface area contributed by atoms with Crippen molar-refractivity contribution >= 4 is 11.9 Å². The molecule has 2 aliphatic rings. The van der Waals surface area contributed by atoms with Crippen LogP contribution in [0.25, 0.3) is 0 Å². The molecule has 0 radical (unpaired) electrons. The highest BCUT2D eigenvalue weighted by Gasteiger charge is 2.47. The average Bonchev–Trinajstić information content (AvgIpc) is 2.70. The van der Waals surface area contributed by atoms with Crippen LogP contribution in [0, 0.1) is 11.8 Å². The van der Waals surface area contributed by atoms with Crippen molar-refractivity contribution in [2.45, 2.75) is 51.7 Å². The Labute approximate surface area is 95.3 Å². The fourth-order valence-corrected chi connectivity index (χ4v) is 3.21. The van der Waals surface area contributed by atoms with Crippen LogP contribution in [0.5, 0.6) is 0 Å². The lowest BCUT2D eigenvalue weighted by Gasteiger charge is -2.20. The zero-order chi connectivity index (χ0) is 11.7. The van der Waals surface area contributed by atoms with Crippen LogP contribution in [-0.2, 0) is 19.1 Å². The van der Waals surface area contributed by atoms with Crippen LogP contribution >= 0.6 is 0 Å². The number of hydrogen-bond acceptors (Lipinski definition) is 4. The summed E-state index contributed by atoms with van der Waals surface area (Å²) >= 11 is 0. The summed E-state index contributed by atoms with van der Waals surface area (Å²) in [4.78, 5) is 21.9. The van der Waals surface area contributed by atoms with Crippen LogP contribution in [-0.4, -0.2) is 24.1 Å². The van der Waals surface area contributed by atoms with Crippen molar-refractivity contribution in [3.05, 3.63) is 0 Å². The van der Waals surface area contributed by atoms with Gasteiger partial charge in [0.05, 0.1) is 0 Å². The van der Waals surface area contributed by atoms with E-state index in [0.717, 1.165) is 25.7 Å². The van der Waals surface area contributed by atoms with E-state index in [4.69, 9.17) is 9.47 Å². The van der Waals surface area contributed by atoms with Crippen molar-refractivity contribution in [3.63, 3.8) is 0 Å². The molecule has 0 aromatic rings. The number of ether oxygens (including phenoxy) is 2. The van der Waals surface area contributed by atoms with Gasteiger partial charge in [-0.15, -0.1) is 0 Å². The standard InChI is InChI=1S/C12H18O4/c1-7(13)15-11-5-3-10-9(11)4-6-12(10)16-8(2)14/h9-12H,3-6H2,1-2H3/t9-,10+,11+,12-. The summed E-state index contributed by atoms with van der Waals surface area (Å²) in [6.07, 6.45) is 3.91. The van der Waals surface area contributed by atoms with E-state index in [9.17, 15) is 9.59 Å². The first kappa shape index (κ1) is 11.4. The van der Waals surface area contributed by atoms with Gasteiger partial charge in [-0.25, -0.2) is 0 Å². The lowest BCUT2D eigenvalue weighted by Crippen LogP contribution is -2.25. The number of rotatable bonds is 2. The summed E-state index contributed by atoms with van der Waals surface area (Å²) in [5.74, 6) is 0.379. The molecule has 0 spiro atoms. The summed E-state index contributed by atoms with van der Waals surface area (Å²) < 4.78 is 10.6. The summed E-state index contributed by atoms with van der Waals surface area (Å²) in [6, 6.07) is 0. The third-order valence-corrected chi connectivity index (χ3v) is 3.71. The van der Waals surface area contributed by atoms with Gasteiger partial charge < -0.3 is 9.47 Å². The molecule has 90 valence electrons. The monoisotopic (exact) mass is 226 g/mol. The van der Waals surface area contributed by atoms with E-state index in [2.05, 4.69) is 0 Å². The first-order chi connectivity index (χ1) is 7.58. The summed E-state index contributed by atoms with van der Waals surface area (Å²) in [6.45, 7) is 2.90. The Kier molecular flexibility index (Phi) is 3.17. The number of fused-ring (bicyclic) bond motifs is 1. The first-order valence-corrected chi connectivity index (χ1v) is 5.92. The minimum absolute atomic E-state index is 0.0445. The smallest absolute Gasteiger partial charge is 0.302 e. The molecule has 0 saturated heterocycles. The van der Waals surface area contributed by atoms with Crippen LogP contribution in [0.15, 0.2) is 0 Å². The fourth-order valence-electron chi connectivity index (χ4n) is 3.21. The Morgan fingerprint density at radius 3 is 1.50 bits per heavy atom. The van der Waals surface area contributed by atoms with E-state index in [0.29, 0.717) is 11.8 Å². The van der Waals surface area contributed by atoms with Crippen LogP contribution in [0.3, 0.4) is 0 Å². The number of hydrogen-bond donors (Lipinski definition) is 0. The number of esters is 2. The molecule has 0 aromatic carbocycles. The molecule has 2 fully saturated rings. The highest BCUT2D eigenvalue weighted by atomic mass is 16.6. The Morgan fingerprint density at radius 2 is 1.19 bits per heavy atom. The molecule has 4 atom stereocenters. The average molecular weight is 226 g/mol. The van der Waals surface area contributed by atoms with Gasteiger partial charge in [0, 0.05) is 25.7 Å². The quantitative estimate of drug-likeness (QED) is 0.672. The Morgan fingerprint density at radius 1 is 0.812 bits per heavy atom. The van der Waals surface area contributed by atoms with Gasteiger partial charge in [-0.2, -0.15) is 0 Å². The third kappa shape index (κ3) is 2.20. The molecule has 0 N–H and O–H groups in total. The van der Waals surface area contributed by atoms with Gasteiger partial charge in [0.15, 0.2) is 0 Å². The van der Waals surface area contributed by atoms with Gasteiger partial charge in [-0.05, 0) is 25.7 Å². The SMILES string of the molecule is CC(=O)O[C@H]1CC[C@H]2[C@H]1CC[C@H]2OC(C)=O. The Bertz CT molecular complexity index is 269. The van der Waals surface area contributed by atoms with Crippen LogP contribution in [0.4, 0.5) is 0 Å². The van der Waals surface area contributed by atoms with Crippen molar-refractivity contribution in [3.8, 4) is 0 Å². The predicted octanol–water partition coefficient (Wildman–Crippen LogP) is 1.67. The van der Waals surface area contributed by atoms with E-state index < -0.39 is 0 Å². The molecule has 0 aliphatic heterocycles. The van der Waals surface area contributed by atoms with Crippen LogP contribution in [0.1, 0.15) is 39.5 Å². The van der Waals surface area contributed by atoms with Gasteiger partial charge in [-0.3, -0.25) is 9.59 Å². The van der Waals surface area contributed by atoms with Gasteiger partial charge in [0.2, 0.25) is 0 Å². The van der Waals surface area contributed by atoms with E-state index in [1.54, 1.807) is 0 Å². The topological polar surface area (TPSA) is 52.6 Å².